The van der Waals surface area contributed by atoms with Crippen LogP contribution in [-0.2, 0) is 0 Å². The third-order valence-electron chi connectivity index (χ3n) is 4.99. The van der Waals surface area contributed by atoms with Crippen LogP contribution in [0.5, 0.6) is 0 Å². The average Bonchev–Trinajstić information content (AvgIpc) is 3.20. The Labute approximate surface area is 178 Å². The van der Waals surface area contributed by atoms with Gasteiger partial charge in [-0.1, -0.05) is 42.5 Å². The van der Waals surface area contributed by atoms with Gasteiger partial charge in [0, 0.05) is 12.1 Å². The summed E-state index contributed by atoms with van der Waals surface area (Å²) < 4.78 is 1.56. The molecule has 2 heterocycles. The van der Waals surface area contributed by atoms with Gasteiger partial charge in [-0.2, -0.15) is 5.10 Å². The molecule has 1 unspecified atom stereocenters. The molecule has 4 rings (SSSR count). The number of aliphatic hydroxyl groups excluding tert-OH is 1. The van der Waals surface area contributed by atoms with E-state index in [-0.39, 0.29) is 11.7 Å². The van der Waals surface area contributed by atoms with Gasteiger partial charge in [-0.3, -0.25) is 4.79 Å². The van der Waals surface area contributed by atoms with E-state index >= 15 is 0 Å². The third-order valence-corrected chi connectivity index (χ3v) is 4.99. The molecule has 4 aromatic rings. The fraction of sp³-hybridized carbons (Fsp3) is 0.130. The van der Waals surface area contributed by atoms with Crippen LogP contribution in [0.1, 0.15) is 28.4 Å². The molecule has 0 aliphatic rings. The van der Waals surface area contributed by atoms with Gasteiger partial charge in [0.05, 0.1) is 18.4 Å². The molecule has 2 aromatic carbocycles. The second-order valence-corrected chi connectivity index (χ2v) is 6.98. The number of aromatic nitrogens is 3. The van der Waals surface area contributed by atoms with Crippen LogP contribution < -0.4 is 11.1 Å². The van der Waals surface area contributed by atoms with Gasteiger partial charge in [-0.15, -0.1) is 0 Å². The van der Waals surface area contributed by atoms with Crippen molar-refractivity contribution in [3.8, 4) is 11.3 Å². The fourth-order valence-corrected chi connectivity index (χ4v) is 3.43. The van der Waals surface area contributed by atoms with E-state index in [1.807, 2.05) is 36.4 Å². The van der Waals surface area contributed by atoms with E-state index in [9.17, 15) is 9.90 Å². The van der Waals surface area contributed by atoms with Crippen molar-refractivity contribution in [3.05, 3.63) is 89.5 Å². The number of carbonyl (C=O) groups is 1. The van der Waals surface area contributed by atoms with Gasteiger partial charge in [0.15, 0.2) is 0 Å². The number of fused-ring (bicyclic) bond motifs is 1. The van der Waals surface area contributed by atoms with Crippen molar-refractivity contribution in [2.75, 3.05) is 12.3 Å². The molecule has 0 aliphatic carbocycles. The molecule has 0 bridgehead atoms. The molecule has 0 spiro atoms. The van der Waals surface area contributed by atoms with E-state index in [0.29, 0.717) is 35.4 Å². The maximum atomic E-state index is 12.6. The van der Waals surface area contributed by atoms with Crippen molar-refractivity contribution in [3.63, 3.8) is 0 Å². The summed E-state index contributed by atoms with van der Waals surface area (Å²) in [6.07, 6.45) is 1.09. The molecular formula is C23H20N6O2. The molecule has 0 radical (unpaired) electrons. The van der Waals surface area contributed by atoms with Crippen LogP contribution >= 0.6 is 0 Å². The minimum absolute atomic E-state index is 0.220. The van der Waals surface area contributed by atoms with Crippen LogP contribution in [0.2, 0.25) is 0 Å². The number of nitrogens with zero attached hydrogens (tertiary/aromatic N) is 4. The van der Waals surface area contributed by atoms with E-state index in [0.717, 1.165) is 11.1 Å². The number of carbonyl (C=O) groups excluding carboxylic acids is 1. The van der Waals surface area contributed by atoms with Crippen LogP contribution in [0.3, 0.4) is 0 Å². The van der Waals surface area contributed by atoms with E-state index in [1.165, 1.54) is 6.33 Å². The number of amides is 1. The highest BCUT2D eigenvalue weighted by molar-refractivity contribution is 5.96. The van der Waals surface area contributed by atoms with E-state index < -0.39 is 6.10 Å². The zero-order valence-corrected chi connectivity index (χ0v) is 16.6. The lowest BCUT2D eigenvalue weighted by atomic mass is 10.1. The van der Waals surface area contributed by atoms with E-state index in [4.69, 9.17) is 12.3 Å². The highest BCUT2D eigenvalue weighted by atomic mass is 16.3. The molecule has 31 heavy (non-hydrogen) atoms. The number of hydrogen-bond acceptors (Lipinski definition) is 5. The van der Waals surface area contributed by atoms with Gasteiger partial charge in [0.1, 0.15) is 17.7 Å². The summed E-state index contributed by atoms with van der Waals surface area (Å²) in [7, 11) is 0. The number of aliphatic hydroxyl groups is 1. The lowest BCUT2D eigenvalue weighted by Gasteiger charge is -2.12. The Morgan fingerprint density at radius 2 is 2.00 bits per heavy atom. The number of hydrogen-bond donors (Lipinski definition) is 3. The SMILES string of the molecule is [C-]#[N+]c1cc(-c2cccc(C(=O)NCCC(O)c3ccccc3)c2)n2ncnc(N)c12. The summed E-state index contributed by atoms with van der Waals surface area (Å²) in [4.78, 5) is 20.1. The summed E-state index contributed by atoms with van der Waals surface area (Å²) in [6, 6.07) is 18.1. The lowest BCUT2D eigenvalue weighted by molar-refractivity contribution is 0.0942. The fourth-order valence-electron chi connectivity index (χ4n) is 3.43. The van der Waals surface area contributed by atoms with Crippen LogP contribution in [0, 0.1) is 6.57 Å². The molecule has 0 aliphatic heterocycles. The Morgan fingerprint density at radius 3 is 2.77 bits per heavy atom. The summed E-state index contributed by atoms with van der Waals surface area (Å²) in [6.45, 7) is 7.73. The highest BCUT2D eigenvalue weighted by Gasteiger charge is 2.16. The van der Waals surface area contributed by atoms with Gasteiger partial charge in [0.2, 0.25) is 5.69 Å². The number of nitrogens with two attached hydrogens (primary N) is 1. The Bertz CT molecular complexity index is 1280. The average molecular weight is 412 g/mol. The summed E-state index contributed by atoms with van der Waals surface area (Å²) in [5.74, 6) is -0.0272. The first-order valence-electron chi connectivity index (χ1n) is 9.70. The quantitative estimate of drug-likeness (QED) is 0.421. The molecule has 1 atom stereocenters. The number of nitrogen functional groups attached to an aromatic ring is 1. The molecule has 154 valence electrons. The molecular weight excluding hydrogens is 392 g/mol. The van der Waals surface area contributed by atoms with Crippen LogP contribution in [0.4, 0.5) is 11.5 Å². The Morgan fingerprint density at radius 1 is 1.19 bits per heavy atom. The maximum absolute atomic E-state index is 12.6. The number of benzene rings is 2. The second kappa shape index (κ2) is 8.65. The first-order valence-corrected chi connectivity index (χ1v) is 9.70. The normalized spacial score (nSPS) is 11.7. The zero-order valence-electron chi connectivity index (χ0n) is 16.6. The van der Waals surface area contributed by atoms with E-state index in [2.05, 4.69) is 20.2 Å². The van der Waals surface area contributed by atoms with Crippen molar-refractivity contribution in [2.45, 2.75) is 12.5 Å². The Kier molecular flexibility index (Phi) is 5.60. The summed E-state index contributed by atoms with van der Waals surface area (Å²) in [5.41, 5.74) is 9.36. The van der Waals surface area contributed by atoms with Crippen LogP contribution in [0.15, 0.2) is 67.0 Å². The predicted molar refractivity (Wildman–Crippen MR) is 117 cm³/mol. The summed E-state index contributed by atoms with van der Waals surface area (Å²) >= 11 is 0. The van der Waals surface area contributed by atoms with Gasteiger partial charge < -0.3 is 16.2 Å². The first kappa shape index (κ1) is 20.1. The zero-order chi connectivity index (χ0) is 21.8. The van der Waals surface area contributed by atoms with Crippen LogP contribution in [0.25, 0.3) is 21.6 Å². The molecule has 8 nitrogen and oxygen atoms in total. The molecule has 0 saturated heterocycles. The van der Waals surface area contributed by atoms with Gasteiger partial charge in [0.25, 0.3) is 5.91 Å². The molecule has 4 N–H and O–H groups in total. The maximum Gasteiger partial charge on any atom is 0.251 e. The van der Waals surface area contributed by atoms with Crippen molar-refractivity contribution >= 4 is 22.9 Å². The first-order chi connectivity index (χ1) is 15.1. The standard InChI is InChI=1S/C23H20N6O2/c1-25-18-13-19(29-21(18)22(24)27-14-28-29)16-8-5-9-17(12-16)23(31)26-11-10-20(30)15-6-3-2-4-7-15/h2-9,12-14,20,30H,10-11H2,(H,26,31)(H2,24,27,28). The summed E-state index contributed by atoms with van der Waals surface area (Å²) in [5, 5.41) is 17.3. The van der Waals surface area contributed by atoms with Crippen molar-refractivity contribution < 1.29 is 9.90 Å². The number of rotatable bonds is 6. The molecule has 2 aromatic heterocycles. The predicted octanol–water partition coefficient (Wildman–Crippen LogP) is 3.38. The Hall–Kier alpha value is -4.22. The highest BCUT2D eigenvalue weighted by Crippen LogP contribution is 2.33. The molecule has 0 fully saturated rings. The van der Waals surface area contributed by atoms with Crippen molar-refractivity contribution in [1.82, 2.24) is 19.9 Å². The van der Waals surface area contributed by atoms with Gasteiger partial charge in [-0.05, 0) is 35.7 Å². The van der Waals surface area contributed by atoms with Crippen molar-refractivity contribution in [1.29, 1.82) is 0 Å². The Balaban J connectivity index is 1.51. The van der Waals surface area contributed by atoms with Gasteiger partial charge in [-0.25, -0.2) is 14.3 Å². The van der Waals surface area contributed by atoms with Gasteiger partial charge >= 0.3 is 0 Å². The molecule has 0 saturated carbocycles. The van der Waals surface area contributed by atoms with Crippen molar-refractivity contribution in [2.24, 2.45) is 0 Å². The van der Waals surface area contributed by atoms with E-state index in [1.54, 1.807) is 28.8 Å². The smallest absolute Gasteiger partial charge is 0.251 e. The topological polar surface area (TPSA) is 110 Å². The lowest BCUT2D eigenvalue weighted by Crippen LogP contribution is -2.25. The monoisotopic (exact) mass is 412 g/mol. The molecule has 1 amide bonds. The largest absolute Gasteiger partial charge is 0.388 e. The number of anilines is 1. The third kappa shape index (κ3) is 4.08. The second-order valence-electron chi connectivity index (χ2n) is 6.98. The molecule has 8 heteroatoms. The number of nitrogens with one attached hydrogen (secondary N) is 1. The minimum atomic E-state index is -0.642. The minimum Gasteiger partial charge on any atom is -0.388 e. The van der Waals surface area contributed by atoms with Crippen LogP contribution in [-0.4, -0.2) is 32.2 Å².